The third-order valence-corrected chi connectivity index (χ3v) is 4.19. The van der Waals surface area contributed by atoms with E-state index in [0.717, 1.165) is 0 Å². The summed E-state index contributed by atoms with van der Waals surface area (Å²) >= 11 is 7.31. The number of benzene rings is 1. The molecule has 9 heteroatoms. The summed E-state index contributed by atoms with van der Waals surface area (Å²) in [6.07, 6.45) is 1.56. The molecule has 1 amide bonds. The van der Waals surface area contributed by atoms with Crippen LogP contribution in [0.1, 0.15) is 10.5 Å². The van der Waals surface area contributed by atoms with Gasteiger partial charge in [0.1, 0.15) is 11.2 Å². The molecule has 0 saturated carbocycles. The molecule has 3 heterocycles. The van der Waals surface area contributed by atoms with Gasteiger partial charge in [0.05, 0.1) is 12.0 Å². The highest BCUT2D eigenvalue weighted by Crippen LogP contribution is 2.26. The van der Waals surface area contributed by atoms with Gasteiger partial charge in [0, 0.05) is 11.1 Å². The molecule has 4 aromatic rings. The van der Waals surface area contributed by atoms with Crippen LogP contribution >= 0.6 is 22.9 Å². The van der Waals surface area contributed by atoms with Crippen molar-refractivity contribution in [2.24, 2.45) is 0 Å². The summed E-state index contributed by atoms with van der Waals surface area (Å²) in [5.41, 5.74) is 3.11. The summed E-state index contributed by atoms with van der Waals surface area (Å²) in [6.45, 7) is 0. The van der Waals surface area contributed by atoms with Crippen LogP contribution in [0.3, 0.4) is 0 Å². The molecule has 0 aliphatic carbocycles. The Morgan fingerprint density at radius 1 is 1.24 bits per heavy atom. The molecule has 0 radical (unpaired) electrons. The fraction of sp³-hybridized carbons (Fsp3) is 0. The van der Waals surface area contributed by atoms with Gasteiger partial charge in [0.2, 0.25) is 5.13 Å². The smallest absolute Gasteiger partial charge is 0.278 e. The Hall–Kier alpha value is -2.97. The van der Waals surface area contributed by atoms with E-state index in [1.54, 1.807) is 41.3 Å². The molecule has 0 unspecified atom stereocenters. The maximum atomic E-state index is 12.4. The van der Waals surface area contributed by atoms with Gasteiger partial charge in [-0.3, -0.25) is 10.1 Å². The van der Waals surface area contributed by atoms with Gasteiger partial charge < -0.3 is 4.42 Å². The number of hydrogen-bond donors (Lipinski definition) is 1. The molecule has 1 aromatic carbocycles. The number of nitrogens with zero attached hydrogens (tertiary/aromatic N) is 4. The number of halogens is 1. The van der Waals surface area contributed by atoms with Gasteiger partial charge in [0.25, 0.3) is 5.91 Å². The van der Waals surface area contributed by atoms with Gasteiger partial charge >= 0.3 is 0 Å². The Morgan fingerprint density at radius 2 is 2.16 bits per heavy atom. The summed E-state index contributed by atoms with van der Waals surface area (Å²) in [4.78, 5) is 12.4. The molecular weight excluding hydrogens is 362 g/mol. The Kier molecular flexibility index (Phi) is 4.04. The number of rotatable bonds is 4. The fourth-order valence-corrected chi connectivity index (χ4v) is 2.91. The number of nitrogens with one attached hydrogen (secondary N) is 1. The molecule has 4 rings (SSSR count). The second kappa shape index (κ2) is 6.50. The lowest BCUT2D eigenvalue weighted by Crippen LogP contribution is -2.13. The van der Waals surface area contributed by atoms with E-state index < -0.39 is 0 Å². The molecule has 1 N–H and O–H groups in total. The number of furan rings is 1. The average Bonchev–Trinajstić information content (AvgIpc) is 3.35. The first-order valence-corrected chi connectivity index (χ1v) is 8.44. The number of carbonyl (C=O) groups is 1. The highest BCUT2D eigenvalue weighted by atomic mass is 35.5. The van der Waals surface area contributed by atoms with Gasteiger partial charge in [-0.1, -0.05) is 29.0 Å². The van der Waals surface area contributed by atoms with E-state index in [4.69, 9.17) is 16.0 Å². The fourth-order valence-electron chi connectivity index (χ4n) is 2.29. The number of amides is 1. The van der Waals surface area contributed by atoms with Gasteiger partial charge in [0.15, 0.2) is 11.5 Å². The summed E-state index contributed by atoms with van der Waals surface area (Å²) in [7, 11) is 0. The van der Waals surface area contributed by atoms with Crippen molar-refractivity contribution in [2.75, 3.05) is 5.32 Å². The van der Waals surface area contributed by atoms with Crippen LogP contribution in [-0.4, -0.2) is 25.9 Å². The quantitative estimate of drug-likeness (QED) is 0.588. The molecule has 0 spiro atoms. The van der Waals surface area contributed by atoms with Crippen molar-refractivity contribution < 1.29 is 9.21 Å². The second-order valence-electron chi connectivity index (χ2n) is 4.98. The minimum atomic E-state index is -0.384. The summed E-state index contributed by atoms with van der Waals surface area (Å²) in [6, 6.07) is 12.4. The predicted molar refractivity (Wildman–Crippen MR) is 94.1 cm³/mol. The van der Waals surface area contributed by atoms with Crippen LogP contribution < -0.4 is 5.32 Å². The molecule has 0 atom stereocenters. The van der Waals surface area contributed by atoms with Crippen molar-refractivity contribution in [3.8, 4) is 17.1 Å². The maximum Gasteiger partial charge on any atom is 0.278 e. The molecular formula is C16H10ClN5O2S. The zero-order valence-corrected chi connectivity index (χ0v) is 14.2. The van der Waals surface area contributed by atoms with E-state index in [2.05, 4.69) is 20.6 Å². The predicted octanol–water partition coefficient (Wildman–Crippen LogP) is 3.89. The van der Waals surface area contributed by atoms with Crippen LogP contribution in [0.15, 0.2) is 58.7 Å². The van der Waals surface area contributed by atoms with Crippen molar-refractivity contribution in [1.29, 1.82) is 0 Å². The molecule has 0 bridgehead atoms. The first-order chi connectivity index (χ1) is 12.2. The number of carbonyl (C=O) groups excluding carboxylic acids is 1. The van der Waals surface area contributed by atoms with E-state index in [0.29, 0.717) is 27.3 Å². The molecule has 25 heavy (non-hydrogen) atoms. The average molecular weight is 372 g/mol. The highest BCUT2D eigenvalue weighted by molar-refractivity contribution is 7.13. The van der Waals surface area contributed by atoms with Crippen molar-refractivity contribution in [2.45, 2.75) is 0 Å². The monoisotopic (exact) mass is 371 g/mol. The van der Waals surface area contributed by atoms with Gasteiger partial charge in [-0.25, -0.2) is 4.68 Å². The summed E-state index contributed by atoms with van der Waals surface area (Å²) < 4.78 is 7.08. The van der Waals surface area contributed by atoms with E-state index >= 15 is 0 Å². The van der Waals surface area contributed by atoms with Crippen LogP contribution in [-0.2, 0) is 0 Å². The lowest BCUT2D eigenvalue weighted by molar-refractivity contribution is 0.102. The third kappa shape index (κ3) is 3.17. The minimum absolute atomic E-state index is 0.224. The largest absolute Gasteiger partial charge is 0.463 e. The van der Waals surface area contributed by atoms with Crippen molar-refractivity contribution in [3.05, 3.63) is 65.0 Å². The van der Waals surface area contributed by atoms with Crippen LogP contribution in [0.5, 0.6) is 0 Å². The van der Waals surface area contributed by atoms with E-state index in [9.17, 15) is 4.79 Å². The third-order valence-electron chi connectivity index (χ3n) is 3.35. The van der Waals surface area contributed by atoms with Crippen molar-refractivity contribution in [1.82, 2.24) is 20.0 Å². The lowest BCUT2D eigenvalue weighted by atomic mass is 10.2. The molecule has 0 aliphatic heterocycles. The standard InChI is InChI=1S/C16H10ClN5O2S/c17-10-3-1-4-11(7-10)22-13(14-5-2-6-24-14)8-12(21-22)15(23)19-16-20-18-9-25-16/h1-9H,(H,19,20,23). The Morgan fingerprint density at radius 3 is 2.88 bits per heavy atom. The SMILES string of the molecule is O=C(Nc1nncs1)c1cc(-c2ccco2)n(-c2cccc(Cl)c2)n1. The van der Waals surface area contributed by atoms with Crippen molar-refractivity contribution >= 4 is 34.0 Å². The zero-order valence-electron chi connectivity index (χ0n) is 12.6. The van der Waals surface area contributed by atoms with E-state index in [-0.39, 0.29) is 11.6 Å². The van der Waals surface area contributed by atoms with Gasteiger partial charge in [-0.15, -0.1) is 10.2 Å². The van der Waals surface area contributed by atoms with Crippen LogP contribution in [0, 0.1) is 0 Å². The van der Waals surface area contributed by atoms with E-state index in [1.165, 1.54) is 16.8 Å². The Labute approximate surface area is 150 Å². The molecule has 3 aromatic heterocycles. The topological polar surface area (TPSA) is 85.8 Å². The molecule has 7 nitrogen and oxygen atoms in total. The first-order valence-electron chi connectivity index (χ1n) is 7.18. The van der Waals surface area contributed by atoms with Gasteiger partial charge in [-0.2, -0.15) is 5.10 Å². The molecule has 0 fully saturated rings. The van der Waals surface area contributed by atoms with Crippen molar-refractivity contribution in [3.63, 3.8) is 0 Å². The number of hydrogen-bond acceptors (Lipinski definition) is 6. The minimum Gasteiger partial charge on any atom is -0.463 e. The van der Waals surface area contributed by atoms with Gasteiger partial charge in [-0.05, 0) is 30.3 Å². The summed E-state index contributed by atoms with van der Waals surface area (Å²) in [5.74, 6) is 0.202. The normalized spacial score (nSPS) is 10.8. The lowest BCUT2D eigenvalue weighted by Gasteiger charge is -2.05. The van der Waals surface area contributed by atoms with E-state index in [1.807, 2.05) is 12.1 Å². The second-order valence-corrected chi connectivity index (χ2v) is 6.25. The maximum absolute atomic E-state index is 12.4. The number of aromatic nitrogens is 4. The number of anilines is 1. The van der Waals surface area contributed by atoms with Crippen LogP contribution in [0.25, 0.3) is 17.1 Å². The first kappa shape index (κ1) is 15.6. The Bertz CT molecular complexity index is 1010. The highest BCUT2D eigenvalue weighted by Gasteiger charge is 2.19. The van der Waals surface area contributed by atoms with Crippen LogP contribution in [0.2, 0.25) is 5.02 Å². The molecule has 0 saturated heterocycles. The summed E-state index contributed by atoms with van der Waals surface area (Å²) in [5, 5.41) is 15.5. The molecule has 0 aliphatic rings. The molecule has 124 valence electrons. The zero-order chi connectivity index (χ0) is 17.2. The Balaban J connectivity index is 1.77. The van der Waals surface area contributed by atoms with Crippen LogP contribution in [0.4, 0.5) is 5.13 Å².